The van der Waals surface area contributed by atoms with E-state index in [1.807, 2.05) is 0 Å². The second-order valence-electron chi connectivity index (χ2n) is 6.27. The molecule has 98 valence electrons. The fourth-order valence-corrected chi connectivity index (χ4v) is 4.81. The smallest absolute Gasteiger partial charge is 0.200 e. The van der Waals surface area contributed by atoms with E-state index in [1.165, 1.54) is 0 Å². The highest BCUT2D eigenvalue weighted by Crippen LogP contribution is 2.65. The minimum absolute atomic E-state index is 0.145. The maximum Gasteiger partial charge on any atom is 0.312 e. The average molecular weight is 250 g/mol. The van der Waals surface area contributed by atoms with Crippen LogP contribution in [0.4, 0.5) is 17.6 Å². The fraction of sp³-hybridized carbons (Fsp3) is 1.00. The molecule has 3 saturated carbocycles. The summed E-state index contributed by atoms with van der Waals surface area (Å²) < 4.78 is 53.7. The van der Waals surface area contributed by atoms with Gasteiger partial charge in [-0.15, -0.1) is 0 Å². The zero-order valence-corrected chi connectivity index (χ0v) is 9.93. The molecule has 0 amide bonds. The van der Waals surface area contributed by atoms with E-state index in [4.69, 9.17) is 0 Å². The molecule has 0 nitrogen and oxygen atoms in total. The summed E-state index contributed by atoms with van der Waals surface area (Å²) in [6.45, 7) is 0.366. The summed E-state index contributed by atoms with van der Waals surface area (Å²) in [5.74, 6) is -7.74. The SMILES string of the molecule is CC(F)(F)C(F)(F)C1CC2CC1C1CCCC21. The molecular weight excluding hydrogens is 232 g/mol. The lowest BCUT2D eigenvalue weighted by atomic mass is 9.72. The summed E-state index contributed by atoms with van der Waals surface area (Å²) in [5, 5.41) is 0. The molecule has 3 fully saturated rings. The zero-order chi connectivity index (χ0) is 12.4. The first-order valence-corrected chi connectivity index (χ1v) is 6.58. The molecule has 3 rings (SSSR count). The molecule has 3 aliphatic carbocycles. The Morgan fingerprint density at radius 2 is 1.53 bits per heavy atom. The van der Waals surface area contributed by atoms with Crippen LogP contribution < -0.4 is 0 Å². The van der Waals surface area contributed by atoms with Crippen molar-refractivity contribution in [1.29, 1.82) is 0 Å². The lowest BCUT2D eigenvalue weighted by molar-refractivity contribution is -0.238. The van der Waals surface area contributed by atoms with E-state index in [9.17, 15) is 17.6 Å². The van der Waals surface area contributed by atoms with Crippen molar-refractivity contribution in [3.63, 3.8) is 0 Å². The molecule has 4 heteroatoms. The van der Waals surface area contributed by atoms with Gasteiger partial charge in [0.05, 0.1) is 0 Å². The van der Waals surface area contributed by atoms with Gasteiger partial charge in [0.2, 0.25) is 0 Å². The average Bonchev–Trinajstić information content (AvgIpc) is 2.88. The minimum atomic E-state index is -3.88. The predicted octanol–water partition coefficient (Wildman–Crippen LogP) is 4.35. The van der Waals surface area contributed by atoms with Gasteiger partial charge in [0.1, 0.15) is 0 Å². The lowest BCUT2D eigenvalue weighted by Gasteiger charge is -2.38. The monoisotopic (exact) mass is 250 g/mol. The van der Waals surface area contributed by atoms with Crippen LogP contribution >= 0.6 is 0 Å². The number of alkyl halides is 4. The van der Waals surface area contributed by atoms with Gasteiger partial charge in [0.15, 0.2) is 0 Å². The van der Waals surface area contributed by atoms with Gasteiger partial charge in [0, 0.05) is 12.8 Å². The Morgan fingerprint density at radius 1 is 0.882 bits per heavy atom. The van der Waals surface area contributed by atoms with E-state index >= 15 is 0 Å². The molecule has 0 heterocycles. The Balaban J connectivity index is 1.84. The van der Waals surface area contributed by atoms with Crippen molar-refractivity contribution in [2.45, 2.75) is 50.9 Å². The fourth-order valence-electron chi connectivity index (χ4n) is 4.81. The maximum atomic E-state index is 13.8. The number of hydrogen-bond acceptors (Lipinski definition) is 0. The molecule has 17 heavy (non-hydrogen) atoms. The van der Waals surface area contributed by atoms with Crippen molar-refractivity contribution < 1.29 is 17.6 Å². The van der Waals surface area contributed by atoms with E-state index in [2.05, 4.69) is 0 Å². The van der Waals surface area contributed by atoms with E-state index in [1.54, 1.807) is 0 Å². The van der Waals surface area contributed by atoms with Crippen LogP contribution in [0.15, 0.2) is 0 Å². The van der Waals surface area contributed by atoms with Gasteiger partial charge in [0.25, 0.3) is 0 Å². The number of hydrogen-bond donors (Lipinski definition) is 0. The van der Waals surface area contributed by atoms with Gasteiger partial charge >= 0.3 is 11.8 Å². The Bertz CT molecular complexity index is 320. The van der Waals surface area contributed by atoms with E-state index in [-0.39, 0.29) is 5.92 Å². The summed E-state index contributed by atoms with van der Waals surface area (Å²) in [6, 6.07) is 0. The lowest BCUT2D eigenvalue weighted by Crippen LogP contribution is -2.48. The Hall–Kier alpha value is -0.280. The topological polar surface area (TPSA) is 0 Å². The number of rotatable bonds is 2. The molecule has 0 aliphatic heterocycles. The van der Waals surface area contributed by atoms with E-state index in [0.29, 0.717) is 31.1 Å². The third-order valence-electron chi connectivity index (χ3n) is 5.48. The molecule has 0 aromatic carbocycles. The molecule has 0 radical (unpaired) electrons. The highest BCUT2D eigenvalue weighted by molar-refractivity contribution is 5.07. The molecule has 0 aromatic rings. The number of halogens is 4. The van der Waals surface area contributed by atoms with Gasteiger partial charge in [-0.1, -0.05) is 6.42 Å². The molecular formula is C13H18F4. The Kier molecular flexibility index (Phi) is 2.35. The zero-order valence-electron chi connectivity index (χ0n) is 9.93. The summed E-state index contributed by atoms with van der Waals surface area (Å²) in [7, 11) is 0. The minimum Gasteiger partial charge on any atom is -0.200 e. The molecule has 0 spiro atoms. The van der Waals surface area contributed by atoms with Crippen LogP contribution in [0.1, 0.15) is 39.0 Å². The van der Waals surface area contributed by atoms with Gasteiger partial charge in [-0.05, 0) is 49.4 Å². The summed E-state index contributed by atoms with van der Waals surface area (Å²) in [6.07, 6.45) is 4.30. The maximum absolute atomic E-state index is 13.8. The third kappa shape index (κ3) is 1.48. The first kappa shape index (κ1) is 11.8. The first-order valence-electron chi connectivity index (χ1n) is 6.58. The normalized spacial score (nSPS) is 45.4. The predicted molar refractivity (Wildman–Crippen MR) is 56.1 cm³/mol. The van der Waals surface area contributed by atoms with Crippen LogP contribution in [-0.4, -0.2) is 11.8 Å². The van der Waals surface area contributed by atoms with Crippen molar-refractivity contribution in [1.82, 2.24) is 0 Å². The summed E-state index contributed by atoms with van der Waals surface area (Å²) in [4.78, 5) is 0. The highest BCUT2D eigenvalue weighted by atomic mass is 19.3. The van der Waals surface area contributed by atoms with Gasteiger partial charge in [-0.3, -0.25) is 0 Å². The van der Waals surface area contributed by atoms with Crippen LogP contribution in [0, 0.1) is 29.6 Å². The third-order valence-corrected chi connectivity index (χ3v) is 5.48. The quantitative estimate of drug-likeness (QED) is 0.639. The van der Waals surface area contributed by atoms with Crippen molar-refractivity contribution in [2.24, 2.45) is 29.6 Å². The summed E-state index contributed by atoms with van der Waals surface area (Å²) in [5.41, 5.74) is 0. The molecule has 0 saturated heterocycles. The van der Waals surface area contributed by atoms with Crippen LogP contribution in [0.25, 0.3) is 0 Å². The summed E-state index contributed by atoms with van der Waals surface area (Å²) >= 11 is 0. The Morgan fingerprint density at radius 3 is 2.18 bits per heavy atom. The van der Waals surface area contributed by atoms with Gasteiger partial charge < -0.3 is 0 Å². The van der Waals surface area contributed by atoms with Crippen molar-refractivity contribution in [3.8, 4) is 0 Å². The van der Waals surface area contributed by atoms with Crippen LogP contribution in [0.5, 0.6) is 0 Å². The van der Waals surface area contributed by atoms with Crippen LogP contribution in [-0.2, 0) is 0 Å². The number of fused-ring (bicyclic) bond motifs is 5. The van der Waals surface area contributed by atoms with Crippen molar-refractivity contribution >= 4 is 0 Å². The molecule has 0 N–H and O–H groups in total. The van der Waals surface area contributed by atoms with Crippen LogP contribution in [0.2, 0.25) is 0 Å². The van der Waals surface area contributed by atoms with E-state index in [0.717, 1.165) is 25.7 Å². The molecule has 2 bridgehead atoms. The second kappa shape index (κ2) is 3.39. The molecule has 0 aromatic heterocycles. The van der Waals surface area contributed by atoms with Crippen molar-refractivity contribution in [2.75, 3.05) is 0 Å². The van der Waals surface area contributed by atoms with Gasteiger partial charge in [-0.25, -0.2) is 8.78 Å². The Labute approximate surface area is 98.8 Å². The first-order chi connectivity index (χ1) is 7.82. The molecule has 5 atom stereocenters. The molecule has 3 aliphatic rings. The van der Waals surface area contributed by atoms with Gasteiger partial charge in [-0.2, -0.15) is 8.78 Å². The second-order valence-corrected chi connectivity index (χ2v) is 6.27. The highest BCUT2D eigenvalue weighted by Gasteiger charge is 2.66. The largest absolute Gasteiger partial charge is 0.312 e. The molecule has 5 unspecified atom stereocenters. The standard InChI is InChI=1S/C13H18F4/c1-12(14,15)13(16,17)11-6-7-5-10(11)9-4-2-3-8(7)9/h7-11H,2-6H2,1H3. The van der Waals surface area contributed by atoms with E-state index < -0.39 is 17.8 Å². The van der Waals surface area contributed by atoms with Crippen molar-refractivity contribution in [3.05, 3.63) is 0 Å². The van der Waals surface area contributed by atoms with Crippen LogP contribution in [0.3, 0.4) is 0 Å².